The summed E-state index contributed by atoms with van der Waals surface area (Å²) >= 11 is 12.0. The van der Waals surface area contributed by atoms with Crippen LogP contribution in [0, 0.1) is 0 Å². The number of nitrogens with one attached hydrogen (secondary N) is 1. The van der Waals surface area contributed by atoms with Crippen molar-refractivity contribution in [2.24, 2.45) is 0 Å². The minimum Gasteiger partial charge on any atom is -0.452 e. The van der Waals surface area contributed by atoms with Crippen LogP contribution >= 0.6 is 23.2 Å². The predicted octanol–water partition coefficient (Wildman–Crippen LogP) is 7.07. The summed E-state index contributed by atoms with van der Waals surface area (Å²) in [5.41, 5.74) is 5.02. The van der Waals surface area contributed by atoms with Crippen LogP contribution in [0.3, 0.4) is 0 Å². The van der Waals surface area contributed by atoms with Gasteiger partial charge >= 0.3 is 5.97 Å². The molecule has 0 saturated heterocycles. The normalized spacial score (nSPS) is 10.8. The number of rotatable bonds is 6. The maximum absolute atomic E-state index is 12.7. The minimum atomic E-state index is -0.663. The van der Waals surface area contributed by atoms with Crippen molar-refractivity contribution in [3.8, 4) is 22.5 Å². The van der Waals surface area contributed by atoms with Crippen LogP contribution in [0.15, 0.2) is 97.1 Å². The number of aromatic nitrogens is 2. The van der Waals surface area contributed by atoms with E-state index in [9.17, 15) is 9.59 Å². The molecule has 1 aromatic heterocycles. The van der Waals surface area contributed by atoms with Crippen LogP contribution in [0.25, 0.3) is 33.5 Å². The minimum absolute atomic E-state index is 0.252. The largest absolute Gasteiger partial charge is 0.452 e. The average molecular weight is 528 g/mol. The molecule has 0 saturated carbocycles. The molecule has 5 aromatic rings. The van der Waals surface area contributed by atoms with Gasteiger partial charge in [0.05, 0.1) is 38.7 Å². The SMILES string of the molecule is O=C(COC(=O)c1ccc2nc(-c3ccccc3)c(-c3ccccc3)nc2c1)Nc1cc(Cl)ccc1Cl. The summed E-state index contributed by atoms with van der Waals surface area (Å²) in [7, 11) is 0. The highest BCUT2D eigenvalue weighted by molar-refractivity contribution is 6.35. The Labute approximate surface area is 222 Å². The van der Waals surface area contributed by atoms with E-state index in [4.69, 9.17) is 37.9 Å². The molecule has 0 radical (unpaired) electrons. The van der Waals surface area contributed by atoms with E-state index < -0.39 is 18.5 Å². The molecule has 8 heteroatoms. The number of hydrogen-bond acceptors (Lipinski definition) is 5. The topological polar surface area (TPSA) is 81.2 Å². The highest BCUT2D eigenvalue weighted by atomic mass is 35.5. The lowest BCUT2D eigenvalue weighted by atomic mass is 10.0. The molecule has 1 N–H and O–H groups in total. The van der Waals surface area contributed by atoms with Crippen molar-refractivity contribution in [1.82, 2.24) is 9.97 Å². The van der Waals surface area contributed by atoms with Crippen LogP contribution in [0.4, 0.5) is 5.69 Å². The van der Waals surface area contributed by atoms with E-state index in [2.05, 4.69) is 5.32 Å². The van der Waals surface area contributed by atoms with Gasteiger partial charge in [0.1, 0.15) is 0 Å². The lowest BCUT2D eigenvalue weighted by molar-refractivity contribution is -0.119. The lowest BCUT2D eigenvalue weighted by Gasteiger charge is -2.11. The molecule has 0 fully saturated rings. The van der Waals surface area contributed by atoms with Gasteiger partial charge in [-0.25, -0.2) is 14.8 Å². The number of hydrogen-bond donors (Lipinski definition) is 1. The fraction of sp³-hybridized carbons (Fsp3) is 0.0345. The molecule has 6 nitrogen and oxygen atoms in total. The molecule has 1 amide bonds. The molecule has 5 rings (SSSR count). The first-order valence-electron chi connectivity index (χ1n) is 11.3. The van der Waals surface area contributed by atoms with E-state index >= 15 is 0 Å². The molecular weight excluding hydrogens is 509 g/mol. The van der Waals surface area contributed by atoms with Crippen molar-refractivity contribution in [3.05, 3.63) is 113 Å². The predicted molar refractivity (Wildman–Crippen MR) is 146 cm³/mol. The van der Waals surface area contributed by atoms with Crippen molar-refractivity contribution >= 4 is 51.8 Å². The Bertz CT molecular complexity index is 1610. The fourth-order valence-electron chi connectivity index (χ4n) is 3.77. The number of nitrogens with zero attached hydrogens (tertiary/aromatic N) is 2. The molecule has 37 heavy (non-hydrogen) atoms. The maximum Gasteiger partial charge on any atom is 0.338 e. The number of esters is 1. The number of carbonyl (C=O) groups is 2. The number of amides is 1. The number of fused-ring (bicyclic) bond motifs is 1. The average Bonchev–Trinajstić information content (AvgIpc) is 2.93. The zero-order valence-electron chi connectivity index (χ0n) is 19.3. The quantitative estimate of drug-likeness (QED) is 0.239. The number of benzene rings is 4. The van der Waals surface area contributed by atoms with Gasteiger partial charge in [-0.3, -0.25) is 4.79 Å². The third-order valence-corrected chi connectivity index (χ3v) is 6.10. The number of anilines is 1. The fourth-order valence-corrected chi connectivity index (χ4v) is 4.11. The molecule has 0 atom stereocenters. The third kappa shape index (κ3) is 5.61. The smallest absolute Gasteiger partial charge is 0.338 e. The van der Waals surface area contributed by atoms with E-state index in [1.807, 2.05) is 60.7 Å². The Morgan fingerprint density at radius 3 is 2.00 bits per heavy atom. The molecule has 0 spiro atoms. The Kier molecular flexibility index (Phi) is 7.12. The summed E-state index contributed by atoms with van der Waals surface area (Å²) in [4.78, 5) is 34.7. The molecule has 4 aromatic carbocycles. The zero-order valence-corrected chi connectivity index (χ0v) is 20.8. The second-order valence-corrected chi connectivity index (χ2v) is 8.95. The molecule has 1 heterocycles. The summed E-state index contributed by atoms with van der Waals surface area (Å²) in [6, 6.07) is 29.1. The lowest BCUT2D eigenvalue weighted by Crippen LogP contribution is -2.21. The second-order valence-electron chi connectivity index (χ2n) is 8.10. The molecule has 0 aliphatic heterocycles. The third-order valence-electron chi connectivity index (χ3n) is 5.53. The molecular formula is C29H19Cl2N3O3. The standard InChI is InChI=1S/C29H19Cl2N3O3/c30-21-12-13-22(31)24(16-21)32-26(35)17-37-29(36)20-11-14-23-25(15-20)34-28(19-9-5-2-6-10-19)27(33-23)18-7-3-1-4-8-18/h1-16H,17H2,(H,32,35). The van der Waals surface area contributed by atoms with Gasteiger partial charge < -0.3 is 10.1 Å². The number of halogens is 2. The highest BCUT2D eigenvalue weighted by Gasteiger charge is 2.16. The number of carbonyl (C=O) groups excluding carboxylic acids is 2. The van der Waals surface area contributed by atoms with E-state index in [-0.39, 0.29) is 5.56 Å². The van der Waals surface area contributed by atoms with Gasteiger partial charge in [0.25, 0.3) is 5.91 Å². The second kappa shape index (κ2) is 10.8. The first-order chi connectivity index (χ1) is 18.0. The van der Waals surface area contributed by atoms with Crippen molar-refractivity contribution in [3.63, 3.8) is 0 Å². The summed E-state index contributed by atoms with van der Waals surface area (Å²) in [6.45, 7) is -0.492. The Morgan fingerprint density at radius 2 is 1.35 bits per heavy atom. The van der Waals surface area contributed by atoms with Crippen LogP contribution in [0.5, 0.6) is 0 Å². The van der Waals surface area contributed by atoms with Crippen molar-refractivity contribution in [2.45, 2.75) is 0 Å². The molecule has 0 unspecified atom stereocenters. The van der Waals surface area contributed by atoms with E-state index in [1.54, 1.807) is 30.3 Å². The van der Waals surface area contributed by atoms with Crippen LogP contribution in [-0.2, 0) is 9.53 Å². The van der Waals surface area contributed by atoms with Gasteiger partial charge in [0, 0.05) is 16.1 Å². The van der Waals surface area contributed by atoms with E-state index in [0.29, 0.717) is 32.5 Å². The molecule has 182 valence electrons. The van der Waals surface area contributed by atoms with Crippen LogP contribution in [-0.4, -0.2) is 28.5 Å². The summed E-state index contributed by atoms with van der Waals surface area (Å²) in [5.74, 6) is -1.21. The van der Waals surface area contributed by atoms with Crippen LogP contribution < -0.4 is 5.32 Å². The molecule has 0 bridgehead atoms. The van der Waals surface area contributed by atoms with Gasteiger partial charge in [-0.2, -0.15) is 0 Å². The first kappa shape index (κ1) is 24.4. The van der Waals surface area contributed by atoms with Gasteiger partial charge in [-0.1, -0.05) is 83.9 Å². The van der Waals surface area contributed by atoms with Gasteiger partial charge in [-0.15, -0.1) is 0 Å². The molecule has 0 aliphatic carbocycles. The van der Waals surface area contributed by atoms with Crippen LogP contribution in [0.1, 0.15) is 10.4 Å². The Morgan fingerprint density at radius 1 is 0.730 bits per heavy atom. The van der Waals surface area contributed by atoms with Gasteiger partial charge in [-0.05, 0) is 36.4 Å². The van der Waals surface area contributed by atoms with Gasteiger partial charge in [0.15, 0.2) is 6.61 Å². The van der Waals surface area contributed by atoms with Crippen molar-refractivity contribution < 1.29 is 14.3 Å². The zero-order chi connectivity index (χ0) is 25.8. The molecule has 0 aliphatic rings. The first-order valence-corrected chi connectivity index (χ1v) is 12.1. The van der Waals surface area contributed by atoms with Crippen LogP contribution in [0.2, 0.25) is 10.0 Å². The number of ether oxygens (including phenoxy) is 1. The van der Waals surface area contributed by atoms with Gasteiger partial charge in [0.2, 0.25) is 0 Å². The van der Waals surface area contributed by atoms with Crippen molar-refractivity contribution in [1.29, 1.82) is 0 Å². The summed E-state index contributed by atoms with van der Waals surface area (Å²) in [6.07, 6.45) is 0. The monoisotopic (exact) mass is 527 g/mol. The maximum atomic E-state index is 12.7. The summed E-state index contributed by atoms with van der Waals surface area (Å²) < 4.78 is 5.21. The Balaban J connectivity index is 1.40. The summed E-state index contributed by atoms with van der Waals surface area (Å²) in [5, 5.41) is 3.32. The van der Waals surface area contributed by atoms with Crippen molar-refractivity contribution in [2.75, 3.05) is 11.9 Å². The Hall–Kier alpha value is -4.26. The van der Waals surface area contributed by atoms with E-state index in [0.717, 1.165) is 16.8 Å². The highest BCUT2D eigenvalue weighted by Crippen LogP contribution is 2.31. The van der Waals surface area contributed by atoms with E-state index in [1.165, 1.54) is 6.07 Å².